The second-order valence-electron chi connectivity index (χ2n) is 3.10. The zero-order valence-electron chi connectivity index (χ0n) is 8.77. The molecule has 0 fully saturated rings. The van der Waals surface area contributed by atoms with Crippen molar-refractivity contribution in [3.8, 4) is 0 Å². The van der Waals surface area contributed by atoms with Gasteiger partial charge in [-0.15, -0.1) is 0 Å². The number of carboxylic acids is 1. The van der Waals surface area contributed by atoms with Crippen molar-refractivity contribution < 1.29 is 23.9 Å². The van der Waals surface area contributed by atoms with Crippen LogP contribution in [-0.4, -0.2) is 23.7 Å². The summed E-state index contributed by atoms with van der Waals surface area (Å²) >= 11 is 0. The Bertz CT molecular complexity index is 411. The maximum atomic E-state index is 12.8. The summed E-state index contributed by atoms with van der Waals surface area (Å²) in [6, 6.07) is 5.03. The lowest BCUT2D eigenvalue weighted by atomic mass is 10.2. The minimum atomic E-state index is -1.20. The molecule has 7 heteroatoms. The Morgan fingerprint density at radius 1 is 1.41 bits per heavy atom. The van der Waals surface area contributed by atoms with Crippen LogP contribution in [-0.2, 0) is 16.2 Å². The van der Waals surface area contributed by atoms with Crippen LogP contribution in [0.4, 0.5) is 9.18 Å². The number of hydroxylamine groups is 1. The third kappa shape index (κ3) is 5.47. The summed E-state index contributed by atoms with van der Waals surface area (Å²) in [6.07, 6.45) is 0. The highest BCUT2D eigenvalue weighted by Crippen LogP contribution is 2.02. The Labute approximate surface area is 96.3 Å². The van der Waals surface area contributed by atoms with E-state index in [0.717, 1.165) is 0 Å². The van der Waals surface area contributed by atoms with Crippen LogP contribution in [0.3, 0.4) is 0 Å². The number of halogens is 1. The Balaban J connectivity index is 2.26. The van der Waals surface area contributed by atoms with E-state index < -0.39 is 24.4 Å². The van der Waals surface area contributed by atoms with Crippen LogP contribution in [0.25, 0.3) is 0 Å². The maximum absolute atomic E-state index is 12.8. The molecule has 0 atom stereocenters. The van der Waals surface area contributed by atoms with E-state index in [0.29, 0.717) is 5.56 Å². The van der Waals surface area contributed by atoms with Crippen LogP contribution in [0.1, 0.15) is 5.56 Å². The summed E-state index contributed by atoms with van der Waals surface area (Å²) in [4.78, 5) is 25.4. The lowest BCUT2D eigenvalue weighted by molar-refractivity contribution is -0.144. The topological polar surface area (TPSA) is 87.7 Å². The van der Waals surface area contributed by atoms with E-state index in [4.69, 9.17) is 5.11 Å². The highest BCUT2D eigenvalue weighted by Gasteiger charge is 2.02. The molecule has 0 saturated heterocycles. The predicted molar refractivity (Wildman–Crippen MR) is 55.4 cm³/mol. The van der Waals surface area contributed by atoms with Crippen LogP contribution in [0.15, 0.2) is 24.3 Å². The van der Waals surface area contributed by atoms with E-state index >= 15 is 0 Å². The molecular formula is C10H11FN2O4. The van der Waals surface area contributed by atoms with E-state index in [9.17, 15) is 14.0 Å². The molecule has 1 aromatic rings. The molecule has 0 radical (unpaired) electrons. The Morgan fingerprint density at radius 2 is 2.18 bits per heavy atom. The van der Waals surface area contributed by atoms with E-state index in [1.54, 1.807) is 6.07 Å². The fraction of sp³-hybridized carbons (Fsp3) is 0.200. The molecule has 92 valence electrons. The maximum Gasteiger partial charge on any atom is 0.338 e. The second-order valence-corrected chi connectivity index (χ2v) is 3.10. The van der Waals surface area contributed by atoms with Crippen molar-refractivity contribution in [2.45, 2.75) is 6.54 Å². The summed E-state index contributed by atoms with van der Waals surface area (Å²) in [5.41, 5.74) is 2.46. The number of hydrogen-bond acceptors (Lipinski definition) is 3. The molecule has 2 amide bonds. The van der Waals surface area contributed by atoms with Gasteiger partial charge in [0.2, 0.25) is 0 Å². The molecule has 0 unspecified atom stereocenters. The largest absolute Gasteiger partial charge is 0.479 e. The minimum absolute atomic E-state index is 0.111. The van der Waals surface area contributed by atoms with Gasteiger partial charge in [-0.05, 0) is 17.7 Å². The number of aliphatic carboxylic acids is 1. The number of hydrogen-bond donors (Lipinski definition) is 3. The molecule has 0 aliphatic carbocycles. The van der Waals surface area contributed by atoms with Crippen molar-refractivity contribution in [1.82, 2.24) is 10.8 Å². The Hall–Kier alpha value is -2.15. The van der Waals surface area contributed by atoms with E-state index in [-0.39, 0.29) is 6.54 Å². The molecule has 0 heterocycles. The number of carbonyl (C=O) groups excluding carboxylic acids is 1. The van der Waals surface area contributed by atoms with Gasteiger partial charge in [0.1, 0.15) is 5.82 Å². The number of carboxylic acid groups (broad SMARTS) is 1. The monoisotopic (exact) mass is 242 g/mol. The standard InChI is InChI=1S/C10H11FN2O4/c11-8-3-1-2-7(4-8)5-12-10(16)13-17-6-9(14)15/h1-4H,5-6H2,(H,14,15)(H2,12,13,16). The Kier molecular flexibility index (Phi) is 4.89. The van der Waals surface area contributed by atoms with Crippen LogP contribution in [0, 0.1) is 5.82 Å². The van der Waals surface area contributed by atoms with Crippen molar-refractivity contribution >= 4 is 12.0 Å². The second kappa shape index (κ2) is 6.44. The van der Waals surface area contributed by atoms with Crippen molar-refractivity contribution in [3.63, 3.8) is 0 Å². The van der Waals surface area contributed by atoms with Crippen LogP contribution < -0.4 is 10.8 Å². The van der Waals surface area contributed by atoms with E-state index in [1.165, 1.54) is 18.2 Å². The first kappa shape index (κ1) is 12.9. The van der Waals surface area contributed by atoms with E-state index in [2.05, 4.69) is 10.2 Å². The summed E-state index contributed by atoms with van der Waals surface area (Å²) in [5, 5.41) is 10.6. The normalized spacial score (nSPS) is 9.71. The summed E-state index contributed by atoms with van der Waals surface area (Å²) in [7, 11) is 0. The van der Waals surface area contributed by atoms with Gasteiger partial charge in [-0.1, -0.05) is 12.1 Å². The lowest BCUT2D eigenvalue weighted by Crippen LogP contribution is -2.36. The third-order valence-corrected chi connectivity index (χ3v) is 1.70. The molecule has 1 rings (SSSR count). The van der Waals surface area contributed by atoms with Crippen LogP contribution in [0.5, 0.6) is 0 Å². The zero-order chi connectivity index (χ0) is 12.7. The van der Waals surface area contributed by atoms with Crippen molar-refractivity contribution in [2.24, 2.45) is 0 Å². The zero-order valence-corrected chi connectivity index (χ0v) is 8.77. The molecular weight excluding hydrogens is 231 g/mol. The van der Waals surface area contributed by atoms with Crippen molar-refractivity contribution in [3.05, 3.63) is 35.6 Å². The average Bonchev–Trinajstić information content (AvgIpc) is 2.26. The number of benzene rings is 1. The van der Waals surface area contributed by atoms with Gasteiger partial charge < -0.3 is 10.4 Å². The highest BCUT2D eigenvalue weighted by molar-refractivity contribution is 5.73. The smallest absolute Gasteiger partial charge is 0.338 e. The molecule has 6 nitrogen and oxygen atoms in total. The molecule has 0 saturated carbocycles. The number of amides is 2. The predicted octanol–water partition coefficient (Wildman–Crippen LogP) is 0.641. The molecule has 1 aromatic carbocycles. The van der Waals surface area contributed by atoms with Gasteiger partial charge in [-0.25, -0.2) is 19.5 Å². The van der Waals surface area contributed by atoms with Gasteiger partial charge >= 0.3 is 12.0 Å². The number of carbonyl (C=O) groups is 2. The molecule has 3 N–H and O–H groups in total. The van der Waals surface area contributed by atoms with E-state index in [1.807, 2.05) is 5.48 Å². The van der Waals surface area contributed by atoms with Crippen molar-refractivity contribution in [2.75, 3.05) is 6.61 Å². The fourth-order valence-corrected chi connectivity index (χ4v) is 1.03. The fourth-order valence-electron chi connectivity index (χ4n) is 1.03. The molecule has 0 aromatic heterocycles. The summed E-state index contributed by atoms with van der Waals surface area (Å²) < 4.78 is 12.8. The lowest BCUT2D eigenvalue weighted by Gasteiger charge is -2.06. The SMILES string of the molecule is O=C(O)CONC(=O)NCc1cccc(F)c1. The Morgan fingerprint density at radius 3 is 2.82 bits per heavy atom. The van der Waals surface area contributed by atoms with Gasteiger partial charge in [0.25, 0.3) is 0 Å². The average molecular weight is 242 g/mol. The van der Waals surface area contributed by atoms with Gasteiger partial charge in [0, 0.05) is 6.54 Å². The molecule has 17 heavy (non-hydrogen) atoms. The third-order valence-electron chi connectivity index (χ3n) is 1.70. The van der Waals surface area contributed by atoms with Crippen molar-refractivity contribution in [1.29, 1.82) is 0 Å². The van der Waals surface area contributed by atoms with Crippen LogP contribution >= 0.6 is 0 Å². The van der Waals surface area contributed by atoms with Crippen LogP contribution in [0.2, 0.25) is 0 Å². The molecule has 0 aliphatic heterocycles. The van der Waals surface area contributed by atoms with Gasteiger partial charge in [0.15, 0.2) is 6.61 Å². The first-order chi connectivity index (χ1) is 8.08. The quantitative estimate of drug-likeness (QED) is 0.661. The summed E-state index contributed by atoms with van der Waals surface area (Å²) in [5.74, 6) is -1.60. The number of rotatable bonds is 5. The van der Waals surface area contributed by atoms with Gasteiger partial charge in [-0.2, -0.15) is 0 Å². The molecule has 0 spiro atoms. The highest BCUT2D eigenvalue weighted by atomic mass is 19.1. The number of nitrogens with one attached hydrogen (secondary N) is 2. The molecule has 0 aliphatic rings. The van der Waals surface area contributed by atoms with Gasteiger partial charge in [0.05, 0.1) is 0 Å². The molecule has 0 bridgehead atoms. The number of urea groups is 1. The minimum Gasteiger partial charge on any atom is -0.479 e. The van der Waals surface area contributed by atoms with Gasteiger partial charge in [-0.3, -0.25) is 4.84 Å². The summed E-state index contributed by atoms with van der Waals surface area (Å²) in [6.45, 7) is -0.520. The first-order valence-corrected chi connectivity index (χ1v) is 4.70. The first-order valence-electron chi connectivity index (χ1n) is 4.70.